The van der Waals surface area contributed by atoms with Gasteiger partial charge < -0.3 is 20.3 Å². The number of hydrogen-bond donors (Lipinski definition) is 2. The molecule has 2 fully saturated rings. The van der Waals surface area contributed by atoms with Crippen molar-refractivity contribution in [2.45, 2.75) is 37.5 Å². The molecule has 2 saturated heterocycles. The second-order valence-corrected chi connectivity index (χ2v) is 7.38. The first-order chi connectivity index (χ1) is 13.7. The lowest BCUT2D eigenvalue weighted by Gasteiger charge is -2.34. The fourth-order valence-corrected chi connectivity index (χ4v) is 4.10. The Morgan fingerprint density at radius 1 is 1.11 bits per heavy atom. The number of carbonyl (C=O) groups excluding carboxylic acids is 2. The number of piperazine rings is 1. The van der Waals surface area contributed by atoms with Gasteiger partial charge >= 0.3 is 0 Å². The average Bonchev–Trinajstić information content (AvgIpc) is 3.16. The van der Waals surface area contributed by atoms with Crippen LogP contribution in [0.5, 0.6) is 5.75 Å². The Bertz CT molecular complexity index is 855. The van der Waals surface area contributed by atoms with Gasteiger partial charge in [-0.05, 0) is 18.1 Å². The van der Waals surface area contributed by atoms with Gasteiger partial charge in [0.1, 0.15) is 17.8 Å². The van der Waals surface area contributed by atoms with Gasteiger partial charge in [0, 0.05) is 31.1 Å². The van der Waals surface area contributed by atoms with Gasteiger partial charge in [-0.25, -0.2) is 0 Å². The average molecular weight is 379 g/mol. The Labute approximate surface area is 164 Å². The van der Waals surface area contributed by atoms with E-state index in [1.807, 2.05) is 54.6 Å². The third kappa shape index (κ3) is 3.73. The lowest BCUT2D eigenvalue weighted by atomic mass is 10.0. The fourth-order valence-electron chi connectivity index (χ4n) is 4.10. The topological polar surface area (TPSA) is 70.7 Å². The van der Waals surface area contributed by atoms with Gasteiger partial charge in [0.05, 0.1) is 7.11 Å². The Balaban J connectivity index is 1.40. The Morgan fingerprint density at radius 2 is 1.86 bits per heavy atom. The summed E-state index contributed by atoms with van der Waals surface area (Å²) in [6, 6.07) is 16.9. The van der Waals surface area contributed by atoms with E-state index < -0.39 is 6.04 Å². The third-order valence-electron chi connectivity index (χ3n) is 5.56. The summed E-state index contributed by atoms with van der Waals surface area (Å²) in [5.41, 5.74) is 2.11. The number of rotatable bonds is 6. The summed E-state index contributed by atoms with van der Waals surface area (Å²) < 4.78 is 5.39. The SMILES string of the molecule is COc1ccccc1CN[C@H]1C[C@H]2C(=O)N[C@H](Cc3ccccc3)C(=O)N2C1. The monoisotopic (exact) mass is 379 g/mol. The highest BCUT2D eigenvalue weighted by atomic mass is 16.5. The molecule has 2 aliphatic rings. The molecular formula is C22H25N3O3. The quantitative estimate of drug-likeness (QED) is 0.798. The summed E-state index contributed by atoms with van der Waals surface area (Å²) in [6.07, 6.45) is 1.15. The lowest BCUT2D eigenvalue weighted by molar-refractivity contribution is -0.147. The van der Waals surface area contributed by atoms with Crippen LogP contribution in [0, 0.1) is 0 Å². The highest BCUT2D eigenvalue weighted by molar-refractivity contribution is 5.97. The summed E-state index contributed by atoms with van der Waals surface area (Å²) in [5, 5.41) is 6.40. The zero-order valence-electron chi connectivity index (χ0n) is 15.9. The van der Waals surface area contributed by atoms with Gasteiger partial charge in [-0.2, -0.15) is 0 Å². The molecule has 3 atom stereocenters. The van der Waals surface area contributed by atoms with E-state index >= 15 is 0 Å². The Kier molecular flexibility index (Phi) is 5.30. The number of para-hydroxylation sites is 1. The molecule has 2 aliphatic heterocycles. The standard InChI is InChI=1S/C22H25N3O3/c1-28-20-10-6-5-9-16(20)13-23-17-12-19-21(26)24-18(22(27)25(19)14-17)11-15-7-3-2-4-8-15/h2-10,17-19,23H,11-14H2,1H3,(H,24,26)/t17-,18+,19-/m0/s1. The molecule has 2 heterocycles. The Morgan fingerprint density at radius 3 is 2.64 bits per heavy atom. The summed E-state index contributed by atoms with van der Waals surface area (Å²) >= 11 is 0. The van der Waals surface area contributed by atoms with Crippen LogP contribution < -0.4 is 15.4 Å². The summed E-state index contributed by atoms with van der Waals surface area (Å²) in [4.78, 5) is 27.3. The summed E-state index contributed by atoms with van der Waals surface area (Å²) in [7, 11) is 1.66. The van der Waals surface area contributed by atoms with Crippen LogP contribution in [-0.2, 0) is 22.6 Å². The number of benzene rings is 2. The van der Waals surface area contributed by atoms with Gasteiger partial charge in [0.2, 0.25) is 11.8 Å². The second kappa shape index (κ2) is 8.02. The number of ether oxygens (including phenoxy) is 1. The maximum absolute atomic E-state index is 12.9. The van der Waals surface area contributed by atoms with Crippen molar-refractivity contribution in [2.75, 3.05) is 13.7 Å². The molecule has 0 radical (unpaired) electrons. The molecule has 4 rings (SSSR count). The molecule has 0 bridgehead atoms. The fraction of sp³-hybridized carbons (Fsp3) is 0.364. The molecule has 0 spiro atoms. The maximum atomic E-state index is 12.9. The number of nitrogens with zero attached hydrogens (tertiary/aromatic N) is 1. The van der Waals surface area contributed by atoms with Crippen LogP contribution in [0.2, 0.25) is 0 Å². The largest absolute Gasteiger partial charge is 0.496 e. The van der Waals surface area contributed by atoms with Crippen LogP contribution in [-0.4, -0.2) is 48.5 Å². The minimum absolute atomic E-state index is 0.00930. The first-order valence-electron chi connectivity index (χ1n) is 9.66. The molecule has 2 amide bonds. The molecule has 0 unspecified atom stereocenters. The number of fused-ring (bicyclic) bond motifs is 1. The van der Waals surface area contributed by atoms with E-state index in [9.17, 15) is 9.59 Å². The summed E-state index contributed by atoms with van der Waals surface area (Å²) in [5.74, 6) is 0.791. The molecule has 6 heteroatoms. The molecule has 0 aromatic heterocycles. The third-order valence-corrected chi connectivity index (χ3v) is 5.56. The van der Waals surface area contributed by atoms with E-state index in [4.69, 9.17) is 4.74 Å². The minimum atomic E-state index is -0.487. The van der Waals surface area contributed by atoms with Crippen molar-refractivity contribution in [1.29, 1.82) is 0 Å². The highest BCUT2D eigenvalue weighted by Gasteiger charge is 2.46. The molecule has 0 saturated carbocycles. The molecular weight excluding hydrogens is 354 g/mol. The zero-order chi connectivity index (χ0) is 19.5. The van der Waals surface area contributed by atoms with Gasteiger partial charge in [0.25, 0.3) is 0 Å². The van der Waals surface area contributed by atoms with Crippen LogP contribution in [0.1, 0.15) is 17.5 Å². The van der Waals surface area contributed by atoms with Crippen molar-refractivity contribution in [3.05, 3.63) is 65.7 Å². The predicted octanol–water partition coefficient (Wildman–Crippen LogP) is 1.50. The van der Waals surface area contributed by atoms with E-state index in [0.717, 1.165) is 16.9 Å². The van der Waals surface area contributed by atoms with Gasteiger partial charge in [-0.1, -0.05) is 48.5 Å². The molecule has 28 heavy (non-hydrogen) atoms. The highest BCUT2D eigenvalue weighted by Crippen LogP contribution is 2.25. The first kappa shape index (κ1) is 18.5. The minimum Gasteiger partial charge on any atom is -0.496 e. The maximum Gasteiger partial charge on any atom is 0.246 e. The van der Waals surface area contributed by atoms with Crippen molar-refractivity contribution in [1.82, 2.24) is 15.5 Å². The van der Waals surface area contributed by atoms with E-state index in [2.05, 4.69) is 10.6 Å². The Hall–Kier alpha value is -2.86. The number of amides is 2. The molecule has 2 N–H and O–H groups in total. The van der Waals surface area contributed by atoms with Gasteiger partial charge in [-0.15, -0.1) is 0 Å². The molecule has 0 aliphatic carbocycles. The van der Waals surface area contributed by atoms with E-state index in [0.29, 0.717) is 25.9 Å². The molecule has 6 nitrogen and oxygen atoms in total. The van der Waals surface area contributed by atoms with Crippen LogP contribution in [0.3, 0.4) is 0 Å². The molecule has 2 aromatic rings. The number of hydrogen-bond acceptors (Lipinski definition) is 4. The van der Waals surface area contributed by atoms with Crippen molar-refractivity contribution in [3.63, 3.8) is 0 Å². The molecule has 2 aromatic carbocycles. The van der Waals surface area contributed by atoms with Crippen molar-refractivity contribution in [3.8, 4) is 5.75 Å². The smallest absolute Gasteiger partial charge is 0.246 e. The van der Waals surface area contributed by atoms with Gasteiger partial charge in [-0.3, -0.25) is 9.59 Å². The van der Waals surface area contributed by atoms with Gasteiger partial charge in [0.15, 0.2) is 0 Å². The van der Waals surface area contributed by atoms with Crippen LogP contribution >= 0.6 is 0 Å². The number of nitrogens with one attached hydrogen (secondary N) is 2. The normalized spacial score (nSPS) is 24.0. The van der Waals surface area contributed by atoms with Crippen LogP contribution in [0.25, 0.3) is 0 Å². The van der Waals surface area contributed by atoms with E-state index in [1.54, 1.807) is 12.0 Å². The molecule has 146 valence electrons. The van der Waals surface area contributed by atoms with E-state index in [-0.39, 0.29) is 23.9 Å². The van der Waals surface area contributed by atoms with Crippen molar-refractivity contribution >= 4 is 11.8 Å². The van der Waals surface area contributed by atoms with Crippen LogP contribution in [0.4, 0.5) is 0 Å². The summed E-state index contributed by atoms with van der Waals surface area (Å²) in [6.45, 7) is 1.19. The number of methoxy groups -OCH3 is 1. The van der Waals surface area contributed by atoms with Crippen LogP contribution in [0.15, 0.2) is 54.6 Å². The number of carbonyl (C=O) groups is 2. The van der Waals surface area contributed by atoms with Crippen molar-refractivity contribution < 1.29 is 14.3 Å². The van der Waals surface area contributed by atoms with E-state index in [1.165, 1.54) is 0 Å². The first-order valence-corrected chi connectivity index (χ1v) is 9.66. The lowest BCUT2D eigenvalue weighted by Crippen LogP contribution is -2.61. The zero-order valence-corrected chi connectivity index (χ0v) is 15.9. The second-order valence-electron chi connectivity index (χ2n) is 7.38. The van der Waals surface area contributed by atoms with Crippen molar-refractivity contribution in [2.24, 2.45) is 0 Å². The predicted molar refractivity (Wildman–Crippen MR) is 106 cm³/mol.